The standard InChI is InChI=1S/C30H31FN7O3P/c1-20-18-36(19-21(2)41-20)42(34-26-16-10-11-17-27(26)38(39)40)28-22(3)33-37(23-12-6-5-7-13-23)30(28)32-29(35(42)4)24-14-8-9-15-25(24)31/h5-17,20-21H,18-19H2,1-4H3. The lowest BCUT2D eigenvalue weighted by molar-refractivity contribution is -0.384. The Hall–Kier alpha value is -4.18. The highest BCUT2D eigenvalue weighted by Gasteiger charge is 2.47. The first-order chi connectivity index (χ1) is 20.2. The van der Waals surface area contributed by atoms with E-state index in [0.717, 1.165) is 11.0 Å². The number of aromatic nitrogens is 2. The number of hydrogen-bond donors (Lipinski definition) is 0. The van der Waals surface area contributed by atoms with Gasteiger partial charge in [0.15, 0.2) is 13.2 Å². The van der Waals surface area contributed by atoms with Crippen LogP contribution >= 0.6 is 7.36 Å². The molecule has 1 aromatic heterocycles. The summed E-state index contributed by atoms with van der Waals surface area (Å²) >= 11 is 0. The van der Waals surface area contributed by atoms with Crippen LogP contribution in [0.25, 0.3) is 5.69 Å². The van der Waals surface area contributed by atoms with Gasteiger partial charge in [-0.2, -0.15) is 5.10 Å². The summed E-state index contributed by atoms with van der Waals surface area (Å²) in [6, 6.07) is 22.6. The second-order valence-corrected chi connectivity index (χ2v) is 13.4. The van der Waals surface area contributed by atoms with Crippen LogP contribution in [-0.4, -0.2) is 62.2 Å². The molecule has 0 radical (unpaired) electrons. The van der Waals surface area contributed by atoms with E-state index >= 15 is 4.39 Å². The molecule has 4 aromatic rings. The second kappa shape index (κ2) is 10.9. The third-order valence-electron chi connectivity index (χ3n) is 7.48. The number of ether oxygens (including phenoxy) is 1. The lowest BCUT2D eigenvalue weighted by atomic mass is 10.2. The predicted octanol–water partition coefficient (Wildman–Crippen LogP) is 6.35. The van der Waals surface area contributed by atoms with Crippen LogP contribution in [0.3, 0.4) is 0 Å². The van der Waals surface area contributed by atoms with Crippen molar-refractivity contribution in [2.45, 2.75) is 33.0 Å². The van der Waals surface area contributed by atoms with Crippen molar-refractivity contribution in [3.63, 3.8) is 0 Å². The van der Waals surface area contributed by atoms with Crippen LogP contribution in [0.5, 0.6) is 0 Å². The summed E-state index contributed by atoms with van der Waals surface area (Å²) in [7, 11) is -1.31. The number of halogens is 1. The maximum atomic E-state index is 15.5. The number of nitro groups is 1. The van der Waals surface area contributed by atoms with Crippen molar-refractivity contribution >= 4 is 35.7 Å². The van der Waals surface area contributed by atoms with Crippen LogP contribution in [0, 0.1) is 22.9 Å². The Morgan fingerprint density at radius 1 is 1.00 bits per heavy atom. The monoisotopic (exact) mass is 587 g/mol. The Morgan fingerprint density at radius 3 is 2.33 bits per heavy atom. The number of para-hydroxylation sites is 2. The molecule has 3 atom stereocenters. The number of amidine groups is 1. The van der Waals surface area contributed by atoms with E-state index < -0.39 is 18.1 Å². The molecular formula is C30H31FN7O3P. The minimum Gasteiger partial charge on any atom is -0.373 e. The number of aryl methyl sites for hydroxylation is 1. The SMILES string of the molecule is Cc1nn(-c2ccccc2)c2c1P(=Nc1ccccc1[N+](=O)[O-])(N1CC(C)OC(C)C1)N(C)C(c1ccccc1F)=N2. The van der Waals surface area contributed by atoms with E-state index in [1.54, 1.807) is 41.1 Å². The van der Waals surface area contributed by atoms with E-state index in [-0.39, 0.29) is 23.6 Å². The van der Waals surface area contributed by atoms with Gasteiger partial charge in [-0.25, -0.2) is 23.5 Å². The number of morpholine rings is 1. The molecule has 216 valence electrons. The zero-order chi connectivity index (χ0) is 29.6. The lowest BCUT2D eigenvalue weighted by Gasteiger charge is -2.48. The predicted molar refractivity (Wildman–Crippen MR) is 162 cm³/mol. The fourth-order valence-corrected chi connectivity index (χ4v) is 9.80. The maximum Gasteiger partial charge on any atom is 0.294 e. The molecule has 2 aliphatic rings. The van der Waals surface area contributed by atoms with Crippen molar-refractivity contribution < 1.29 is 14.1 Å². The van der Waals surface area contributed by atoms with Crippen LogP contribution < -0.4 is 5.30 Å². The zero-order valence-electron chi connectivity index (χ0n) is 23.8. The normalized spacial score (nSPS) is 22.4. The largest absolute Gasteiger partial charge is 0.373 e. The first-order valence-electron chi connectivity index (χ1n) is 13.7. The van der Waals surface area contributed by atoms with Crippen LogP contribution in [0.1, 0.15) is 25.1 Å². The number of nitrogens with zero attached hydrogens (tertiary/aromatic N) is 7. The molecule has 1 fully saturated rings. The molecule has 42 heavy (non-hydrogen) atoms. The van der Waals surface area contributed by atoms with Crippen LogP contribution in [-0.2, 0) is 4.74 Å². The lowest BCUT2D eigenvalue weighted by Crippen LogP contribution is -2.50. The van der Waals surface area contributed by atoms with Crippen LogP contribution in [0.4, 0.5) is 21.6 Å². The molecule has 0 amide bonds. The van der Waals surface area contributed by atoms with E-state index in [0.29, 0.717) is 36.0 Å². The Kier molecular flexibility index (Phi) is 7.26. The first kappa shape index (κ1) is 28.0. The summed E-state index contributed by atoms with van der Waals surface area (Å²) in [5.41, 5.74) is 1.92. The van der Waals surface area contributed by atoms with Gasteiger partial charge in [-0.1, -0.05) is 42.5 Å². The van der Waals surface area contributed by atoms with Gasteiger partial charge in [0.2, 0.25) is 0 Å². The maximum absolute atomic E-state index is 15.5. The molecular weight excluding hydrogens is 556 g/mol. The number of rotatable bonds is 5. The molecule has 6 rings (SSSR count). The molecule has 0 spiro atoms. The number of hydrogen-bond acceptors (Lipinski definition) is 6. The third kappa shape index (κ3) is 4.63. The van der Waals surface area contributed by atoms with Gasteiger partial charge in [0.25, 0.3) is 5.69 Å². The van der Waals surface area contributed by atoms with Gasteiger partial charge in [0.05, 0.1) is 39.4 Å². The van der Waals surface area contributed by atoms with Crippen molar-refractivity contribution in [3.8, 4) is 5.69 Å². The number of fused-ring (bicyclic) bond motifs is 1. The van der Waals surface area contributed by atoms with Crippen molar-refractivity contribution in [2.75, 3.05) is 20.1 Å². The Bertz CT molecular complexity index is 1750. The van der Waals surface area contributed by atoms with Gasteiger partial charge in [-0.3, -0.25) is 10.1 Å². The molecule has 1 saturated heterocycles. The fraction of sp³-hybridized carbons (Fsp3) is 0.267. The molecule has 0 saturated carbocycles. The Balaban J connectivity index is 1.76. The van der Waals surface area contributed by atoms with Gasteiger partial charge in [-0.05, 0) is 51.1 Å². The molecule has 0 N–H and O–H groups in total. The van der Waals surface area contributed by atoms with E-state index in [4.69, 9.17) is 19.6 Å². The number of nitro benzene ring substituents is 1. The molecule has 3 unspecified atom stereocenters. The summed E-state index contributed by atoms with van der Waals surface area (Å²) < 4.78 is 32.9. The summed E-state index contributed by atoms with van der Waals surface area (Å²) in [5, 5.41) is 17.9. The zero-order valence-corrected chi connectivity index (χ0v) is 24.6. The highest BCUT2D eigenvalue weighted by molar-refractivity contribution is 7.70. The number of aliphatic imine (C=N–C) groups is 1. The minimum absolute atomic E-state index is 0.107. The van der Waals surface area contributed by atoms with Gasteiger partial charge >= 0.3 is 0 Å². The Morgan fingerprint density at radius 2 is 1.64 bits per heavy atom. The van der Waals surface area contributed by atoms with Crippen molar-refractivity contribution in [1.82, 2.24) is 19.1 Å². The van der Waals surface area contributed by atoms with Crippen molar-refractivity contribution in [2.24, 2.45) is 9.74 Å². The van der Waals surface area contributed by atoms with E-state index in [9.17, 15) is 10.1 Å². The van der Waals surface area contributed by atoms with E-state index in [2.05, 4.69) is 4.67 Å². The van der Waals surface area contributed by atoms with Gasteiger partial charge < -0.3 is 9.41 Å². The molecule has 0 bridgehead atoms. The highest BCUT2D eigenvalue weighted by Crippen LogP contribution is 2.63. The highest BCUT2D eigenvalue weighted by atomic mass is 31.2. The summed E-state index contributed by atoms with van der Waals surface area (Å²) in [6.07, 6.45) is -0.271. The third-order valence-corrected chi connectivity index (χ3v) is 11.2. The van der Waals surface area contributed by atoms with E-state index in [1.807, 2.05) is 62.8 Å². The molecule has 0 aliphatic carbocycles. The van der Waals surface area contributed by atoms with Crippen molar-refractivity contribution in [1.29, 1.82) is 0 Å². The quantitative estimate of drug-likeness (QED) is 0.153. The van der Waals surface area contributed by atoms with Gasteiger partial charge in [0, 0.05) is 26.2 Å². The fourth-order valence-electron chi connectivity index (χ4n) is 5.78. The van der Waals surface area contributed by atoms with E-state index in [1.165, 1.54) is 12.1 Å². The smallest absolute Gasteiger partial charge is 0.294 e. The van der Waals surface area contributed by atoms with Gasteiger partial charge in [0.1, 0.15) is 17.3 Å². The molecule has 12 heteroatoms. The van der Waals surface area contributed by atoms with Gasteiger partial charge in [-0.15, -0.1) is 0 Å². The Labute approximate surface area is 243 Å². The van der Waals surface area contributed by atoms with Crippen LogP contribution in [0.15, 0.2) is 88.6 Å². The number of benzene rings is 3. The minimum atomic E-state index is -3.16. The summed E-state index contributed by atoms with van der Waals surface area (Å²) in [4.78, 5) is 16.8. The summed E-state index contributed by atoms with van der Waals surface area (Å²) in [5.74, 6) is 0.471. The molecule has 2 aliphatic heterocycles. The molecule has 3 heterocycles. The average molecular weight is 588 g/mol. The second-order valence-electron chi connectivity index (χ2n) is 10.5. The summed E-state index contributed by atoms with van der Waals surface area (Å²) in [6.45, 7) is 6.92. The topological polar surface area (TPSA) is 101 Å². The average Bonchev–Trinajstić information content (AvgIpc) is 3.31. The van der Waals surface area contributed by atoms with Crippen LogP contribution in [0.2, 0.25) is 0 Å². The molecule has 3 aromatic carbocycles. The molecule has 10 nitrogen and oxygen atoms in total. The van der Waals surface area contributed by atoms with Crippen molar-refractivity contribution in [3.05, 3.63) is 106 Å². The first-order valence-corrected chi connectivity index (χ1v) is 15.4.